The van der Waals surface area contributed by atoms with Crippen molar-refractivity contribution >= 4 is 11.8 Å². The molecule has 0 spiro atoms. The summed E-state index contributed by atoms with van der Waals surface area (Å²) >= 11 is 0. The normalized spacial score (nSPS) is 25.6. The van der Waals surface area contributed by atoms with Crippen LogP contribution in [0.25, 0.3) is 0 Å². The first-order valence-corrected chi connectivity index (χ1v) is 10.8. The summed E-state index contributed by atoms with van der Waals surface area (Å²) in [6.45, 7) is 16.7. The molecule has 0 radical (unpaired) electrons. The maximum absolute atomic E-state index is 12.6. The van der Waals surface area contributed by atoms with E-state index in [0.29, 0.717) is 19.1 Å². The second kappa shape index (κ2) is 10.9. The molecule has 2 fully saturated rings. The molecule has 29 heavy (non-hydrogen) atoms. The van der Waals surface area contributed by atoms with Gasteiger partial charge in [0.2, 0.25) is 11.8 Å². The number of carbonyl (C=O) groups excluding carboxylic acids is 2. The van der Waals surface area contributed by atoms with Crippen molar-refractivity contribution in [2.24, 2.45) is 0 Å². The summed E-state index contributed by atoms with van der Waals surface area (Å²) in [7, 11) is 0. The van der Waals surface area contributed by atoms with E-state index >= 15 is 0 Å². The number of hydrogen-bond donors (Lipinski definition) is 1. The molecule has 0 aliphatic carbocycles. The van der Waals surface area contributed by atoms with Gasteiger partial charge in [-0.15, -0.1) is 0 Å². The van der Waals surface area contributed by atoms with Crippen LogP contribution < -0.4 is 0 Å². The van der Waals surface area contributed by atoms with Gasteiger partial charge < -0.3 is 14.9 Å². The van der Waals surface area contributed by atoms with E-state index in [2.05, 4.69) is 44.1 Å². The minimum atomic E-state index is -0.208. The van der Waals surface area contributed by atoms with Crippen molar-refractivity contribution in [1.82, 2.24) is 19.6 Å². The lowest BCUT2D eigenvalue weighted by Gasteiger charge is -2.42. The minimum absolute atomic E-state index is 0.0582. The molecule has 164 valence electrons. The Morgan fingerprint density at radius 2 is 1.69 bits per heavy atom. The third-order valence-electron chi connectivity index (χ3n) is 6.22. The van der Waals surface area contributed by atoms with Gasteiger partial charge in [0.1, 0.15) is 0 Å². The fourth-order valence-electron chi connectivity index (χ4n) is 4.24. The van der Waals surface area contributed by atoms with Gasteiger partial charge in [0.15, 0.2) is 0 Å². The Morgan fingerprint density at radius 1 is 1.03 bits per heavy atom. The summed E-state index contributed by atoms with van der Waals surface area (Å²) in [6.07, 6.45) is 5.74. The zero-order valence-electron chi connectivity index (χ0n) is 18.5. The zero-order valence-corrected chi connectivity index (χ0v) is 18.5. The number of piperazine rings is 2. The Bertz CT molecular complexity index is 607. The Hall–Kier alpha value is -1.70. The molecule has 0 saturated carbocycles. The van der Waals surface area contributed by atoms with Crippen LogP contribution in [0, 0.1) is 0 Å². The highest BCUT2D eigenvalue weighted by atomic mass is 16.3. The average molecular weight is 407 g/mol. The highest BCUT2D eigenvalue weighted by Crippen LogP contribution is 2.16. The molecule has 0 aromatic carbocycles. The third kappa shape index (κ3) is 6.14. The molecule has 7 heteroatoms. The van der Waals surface area contributed by atoms with Crippen LogP contribution in [0.4, 0.5) is 0 Å². The number of nitrogens with zero attached hydrogens (tertiary/aromatic N) is 4. The Morgan fingerprint density at radius 3 is 2.28 bits per heavy atom. The SMILES string of the molecule is C=CC(=O)N1CCN(C(C)C/C=C/C(=O)N2CCN(C(C)C)CC2C)CC1CO. The first-order valence-electron chi connectivity index (χ1n) is 10.8. The van der Waals surface area contributed by atoms with Crippen LogP contribution in [0.2, 0.25) is 0 Å². The highest BCUT2D eigenvalue weighted by molar-refractivity contribution is 5.88. The number of aliphatic hydroxyl groups excluding tert-OH is 1. The maximum Gasteiger partial charge on any atom is 0.246 e. The fraction of sp³-hybridized carbons (Fsp3) is 0.727. The van der Waals surface area contributed by atoms with Crippen molar-refractivity contribution in [2.45, 2.75) is 58.3 Å². The van der Waals surface area contributed by atoms with Crippen LogP contribution in [-0.2, 0) is 9.59 Å². The molecular weight excluding hydrogens is 368 g/mol. The minimum Gasteiger partial charge on any atom is -0.394 e. The van der Waals surface area contributed by atoms with Gasteiger partial charge in [-0.05, 0) is 46.3 Å². The van der Waals surface area contributed by atoms with Crippen LogP contribution in [0.1, 0.15) is 34.1 Å². The Kier molecular flexibility index (Phi) is 8.86. The summed E-state index contributed by atoms with van der Waals surface area (Å²) in [6, 6.07) is 0.766. The van der Waals surface area contributed by atoms with Crippen LogP contribution in [0.3, 0.4) is 0 Å². The van der Waals surface area contributed by atoms with Crippen molar-refractivity contribution < 1.29 is 14.7 Å². The van der Waals surface area contributed by atoms with E-state index in [9.17, 15) is 14.7 Å². The van der Waals surface area contributed by atoms with Crippen molar-refractivity contribution in [3.8, 4) is 0 Å². The summed E-state index contributed by atoms with van der Waals surface area (Å²) in [5.74, 6) is -0.0451. The standard InChI is InChI=1S/C22H38N4O3/c1-6-21(28)26-13-11-24(15-20(26)16-27)18(4)8-7-9-22(29)25-12-10-23(17(2)3)14-19(25)5/h6-7,9,17-20,27H,1,8,10-16H2,2-5H3/b9-7+. The van der Waals surface area contributed by atoms with Gasteiger partial charge in [0.05, 0.1) is 12.6 Å². The van der Waals surface area contributed by atoms with Crippen LogP contribution in [-0.4, -0.2) is 107 Å². The molecule has 2 amide bonds. The van der Waals surface area contributed by atoms with E-state index < -0.39 is 0 Å². The van der Waals surface area contributed by atoms with Crippen molar-refractivity contribution in [1.29, 1.82) is 0 Å². The summed E-state index contributed by atoms with van der Waals surface area (Å²) in [5, 5.41) is 9.65. The highest BCUT2D eigenvalue weighted by Gasteiger charge is 2.31. The van der Waals surface area contributed by atoms with Gasteiger partial charge in [-0.2, -0.15) is 0 Å². The molecule has 1 N–H and O–H groups in total. The van der Waals surface area contributed by atoms with Gasteiger partial charge >= 0.3 is 0 Å². The maximum atomic E-state index is 12.6. The van der Waals surface area contributed by atoms with Crippen LogP contribution in [0.5, 0.6) is 0 Å². The number of aliphatic hydroxyl groups is 1. The summed E-state index contributed by atoms with van der Waals surface area (Å²) in [5.41, 5.74) is 0. The number of hydrogen-bond acceptors (Lipinski definition) is 5. The lowest BCUT2D eigenvalue weighted by atomic mass is 10.1. The van der Waals surface area contributed by atoms with Gasteiger partial charge in [-0.1, -0.05) is 12.7 Å². The van der Waals surface area contributed by atoms with Gasteiger partial charge in [-0.25, -0.2) is 0 Å². The van der Waals surface area contributed by atoms with E-state index in [0.717, 1.165) is 32.6 Å². The molecule has 2 heterocycles. The van der Waals surface area contributed by atoms with Gasteiger partial charge in [0, 0.05) is 57.4 Å². The van der Waals surface area contributed by atoms with Crippen molar-refractivity contribution in [3.05, 3.63) is 24.8 Å². The fourth-order valence-corrected chi connectivity index (χ4v) is 4.24. The van der Waals surface area contributed by atoms with E-state index in [4.69, 9.17) is 0 Å². The van der Waals surface area contributed by atoms with E-state index in [-0.39, 0.29) is 36.5 Å². The van der Waals surface area contributed by atoms with Crippen LogP contribution >= 0.6 is 0 Å². The largest absolute Gasteiger partial charge is 0.394 e. The van der Waals surface area contributed by atoms with Gasteiger partial charge in [-0.3, -0.25) is 19.4 Å². The van der Waals surface area contributed by atoms with E-state index in [1.54, 1.807) is 11.0 Å². The molecule has 2 aliphatic heterocycles. The first kappa shape index (κ1) is 23.6. The summed E-state index contributed by atoms with van der Waals surface area (Å²) < 4.78 is 0. The van der Waals surface area contributed by atoms with E-state index in [1.807, 2.05) is 11.0 Å². The second-order valence-corrected chi connectivity index (χ2v) is 8.52. The molecule has 2 saturated heterocycles. The molecular formula is C22H38N4O3. The number of amides is 2. The molecule has 0 bridgehead atoms. The summed E-state index contributed by atoms with van der Waals surface area (Å²) in [4.78, 5) is 32.9. The van der Waals surface area contributed by atoms with Crippen molar-refractivity contribution in [3.63, 3.8) is 0 Å². The van der Waals surface area contributed by atoms with E-state index in [1.165, 1.54) is 6.08 Å². The van der Waals surface area contributed by atoms with Gasteiger partial charge in [0.25, 0.3) is 0 Å². The molecule has 7 nitrogen and oxygen atoms in total. The molecule has 2 aliphatic rings. The smallest absolute Gasteiger partial charge is 0.246 e. The lowest BCUT2D eigenvalue weighted by Crippen LogP contribution is -2.58. The Labute approximate surface area is 175 Å². The molecule has 2 rings (SSSR count). The third-order valence-corrected chi connectivity index (χ3v) is 6.22. The predicted octanol–water partition coefficient (Wildman–Crippen LogP) is 0.953. The lowest BCUT2D eigenvalue weighted by molar-refractivity contribution is -0.132. The van der Waals surface area contributed by atoms with Crippen molar-refractivity contribution in [2.75, 3.05) is 45.9 Å². The molecule has 0 aromatic heterocycles. The number of carbonyl (C=O) groups is 2. The number of rotatable bonds is 7. The average Bonchev–Trinajstić information content (AvgIpc) is 2.72. The molecule has 3 unspecified atom stereocenters. The zero-order chi connectivity index (χ0) is 21.6. The monoisotopic (exact) mass is 406 g/mol. The molecule has 3 atom stereocenters. The molecule has 0 aromatic rings. The second-order valence-electron chi connectivity index (χ2n) is 8.52. The van der Waals surface area contributed by atoms with Crippen LogP contribution in [0.15, 0.2) is 24.8 Å². The predicted molar refractivity (Wildman–Crippen MR) is 115 cm³/mol. The Balaban J connectivity index is 1.83. The topological polar surface area (TPSA) is 67.3 Å². The first-order chi connectivity index (χ1) is 13.8. The quantitative estimate of drug-likeness (QED) is 0.638.